The first-order valence-electron chi connectivity index (χ1n) is 7.52. The number of nitrogens with zero attached hydrogens (tertiary/aromatic N) is 1. The molecule has 2 aromatic carbocycles. The van der Waals surface area contributed by atoms with E-state index >= 15 is 0 Å². The maximum atomic E-state index is 11.4. The summed E-state index contributed by atoms with van der Waals surface area (Å²) in [5.74, 6) is 0.546. The quantitative estimate of drug-likeness (QED) is 0.682. The van der Waals surface area contributed by atoms with Crippen molar-refractivity contribution >= 4 is 42.9 Å². The molecule has 0 fully saturated rings. The van der Waals surface area contributed by atoms with Crippen LogP contribution >= 0.6 is 33.9 Å². The van der Waals surface area contributed by atoms with Crippen LogP contribution in [0.25, 0.3) is 0 Å². The van der Waals surface area contributed by atoms with E-state index in [0.717, 1.165) is 17.5 Å². The van der Waals surface area contributed by atoms with Gasteiger partial charge in [0.25, 0.3) is 9.05 Å². The number of likely N-dealkylation sites (N-methyl/N-ethyl adjacent to an activating group) is 1. The Hall–Kier alpha value is -0.980. The minimum Gasteiger partial charge on any atom is -0.484 e. The van der Waals surface area contributed by atoms with E-state index in [4.69, 9.17) is 38.6 Å². The number of halogens is 3. The Morgan fingerprint density at radius 3 is 2.32 bits per heavy atom. The minimum absolute atomic E-state index is 0.0311. The highest BCUT2D eigenvalue weighted by atomic mass is 35.7. The van der Waals surface area contributed by atoms with Gasteiger partial charge in [-0.25, -0.2) is 8.42 Å². The van der Waals surface area contributed by atoms with Crippen LogP contribution in [0.3, 0.4) is 0 Å². The predicted molar refractivity (Wildman–Crippen MR) is 100 cm³/mol. The van der Waals surface area contributed by atoms with Crippen LogP contribution in [0, 0.1) is 0 Å². The molecule has 134 valence electrons. The van der Waals surface area contributed by atoms with Crippen LogP contribution in [0.1, 0.15) is 17.2 Å². The number of benzene rings is 2. The van der Waals surface area contributed by atoms with E-state index in [-0.39, 0.29) is 17.0 Å². The zero-order valence-corrected chi connectivity index (χ0v) is 16.6. The smallest absolute Gasteiger partial charge is 0.261 e. The largest absolute Gasteiger partial charge is 0.484 e. The van der Waals surface area contributed by atoms with Gasteiger partial charge in [0, 0.05) is 26.3 Å². The summed E-state index contributed by atoms with van der Waals surface area (Å²) < 4.78 is 28.9. The molecule has 4 nitrogen and oxygen atoms in total. The van der Waals surface area contributed by atoms with Gasteiger partial charge >= 0.3 is 0 Å². The second-order valence-electron chi connectivity index (χ2n) is 6.14. The second-order valence-corrected chi connectivity index (χ2v) is 9.55. The van der Waals surface area contributed by atoms with Crippen molar-refractivity contribution in [3.05, 3.63) is 57.6 Å². The topological polar surface area (TPSA) is 46.6 Å². The van der Waals surface area contributed by atoms with Gasteiger partial charge in [0.1, 0.15) is 11.9 Å². The predicted octanol–water partition coefficient (Wildman–Crippen LogP) is 4.53. The lowest BCUT2D eigenvalue weighted by atomic mass is 10.1. The van der Waals surface area contributed by atoms with Gasteiger partial charge in [0.05, 0.1) is 10.9 Å². The first kappa shape index (κ1) is 18.8. The third-order valence-electron chi connectivity index (χ3n) is 4.30. The van der Waals surface area contributed by atoms with Crippen LogP contribution in [0.4, 0.5) is 0 Å². The van der Waals surface area contributed by atoms with E-state index < -0.39 is 9.05 Å². The molecule has 2 atom stereocenters. The number of fused-ring (bicyclic) bond motifs is 1. The fourth-order valence-electron chi connectivity index (χ4n) is 3.04. The Bertz CT molecular complexity index is 898. The molecule has 25 heavy (non-hydrogen) atoms. The highest BCUT2D eigenvalue weighted by Gasteiger charge is 2.37. The van der Waals surface area contributed by atoms with Gasteiger partial charge in [0.15, 0.2) is 0 Å². The van der Waals surface area contributed by atoms with Gasteiger partial charge in [0.2, 0.25) is 0 Å². The van der Waals surface area contributed by atoms with Crippen molar-refractivity contribution in [1.82, 2.24) is 4.90 Å². The van der Waals surface area contributed by atoms with Crippen LogP contribution < -0.4 is 4.74 Å². The zero-order valence-electron chi connectivity index (χ0n) is 13.5. The molecule has 0 spiro atoms. The molecule has 0 amide bonds. The van der Waals surface area contributed by atoms with Crippen LogP contribution in [0.5, 0.6) is 5.75 Å². The molecule has 0 saturated carbocycles. The second kappa shape index (κ2) is 6.97. The van der Waals surface area contributed by atoms with Gasteiger partial charge < -0.3 is 9.64 Å². The van der Waals surface area contributed by atoms with Gasteiger partial charge in [-0.2, -0.15) is 0 Å². The number of ether oxygens (including phenoxy) is 1. The van der Waals surface area contributed by atoms with Crippen molar-refractivity contribution in [2.75, 3.05) is 14.1 Å². The third-order valence-corrected chi connectivity index (χ3v) is 6.22. The normalized spacial score (nSPS) is 19.9. The molecule has 0 N–H and O–H groups in total. The molecule has 2 aromatic rings. The van der Waals surface area contributed by atoms with E-state index in [1.165, 1.54) is 12.1 Å². The zero-order chi connectivity index (χ0) is 18.4. The van der Waals surface area contributed by atoms with Crippen LogP contribution in [-0.2, 0) is 15.5 Å². The molecule has 8 heteroatoms. The van der Waals surface area contributed by atoms with Crippen molar-refractivity contribution in [3.8, 4) is 5.75 Å². The Kier molecular flexibility index (Phi) is 5.24. The molecule has 0 aromatic heterocycles. The lowest BCUT2D eigenvalue weighted by molar-refractivity contribution is 0.111. The number of rotatable bonds is 4. The maximum absolute atomic E-state index is 11.4. The molecule has 1 aliphatic rings. The molecule has 3 rings (SSSR count). The molecule has 0 heterocycles. The SMILES string of the molecule is CN(C)[C@H]1Cc2c(Cl)cc(Cl)cc2[C@@H]1Oc1ccc(S(=O)(=O)Cl)cc1. The summed E-state index contributed by atoms with van der Waals surface area (Å²) in [6.07, 6.45) is 0.483. The molecule has 0 saturated heterocycles. The fourth-order valence-corrected chi connectivity index (χ4v) is 4.39. The van der Waals surface area contributed by atoms with E-state index in [1.807, 2.05) is 20.2 Å². The molecule has 1 aliphatic carbocycles. The van der Waals surface area contributed by atoms with Crippen LogP contribution in [-0.4, -0.2) is 33.5 Å². The van der Waals surface area contributed by atoms with Crippen LogP contribution in [0.15, 0.2) is 41.3 Å². The van der Waals surface area contributed by atoms with Crippen molar-refractivity contribution in [3.63, 3.8) is 0 Å². The molecule has 0 unspecified atom stereocenters. The van der Waals surface area contributed by atoms with Crippen molar-refractivity contribution < 1.29 is 13.2 Å². The van der Waals surface area contributed by atoms with Crippen molar-refractivity contribution in [1.29, 1.82) is 0 Å². The summed E-state index contributed by atoms with van der Waals surface area (Å²) in [5.41, 5.74) is 1.97. The lowest BCUT2D eigenvalue weighted by Gasteiger charge is -2.27. The first-order valence-corrected chi connectivity index (χ1v) is 10.6. The van der Waals surface area contributed by atoms with E-state index in [0.29, 0.717) is 15.8 Å². The monoisotopic (exact) mass is 419 g/mol. The van der Waals surface area contributed by atoms with Crippen molar-refractivity contribution in [2.45, 2.75) is 23.5 Å². The van der Waals surface area contributed by atoms with E-state index in [1.54, 1.807) is 18.2 Å². The summed E-state index contributed by atoms with van der Waals surface area (Å²) in [5, 5.41) is 1.18. The summed E-state index contributed by atoms with van der Waals surface area (Å²) in [7, 11) is 5.54. The molecule has 0 aliphatic heterocycles. The van der Waals surface area contributed by atoms with Gasteiger partial charge in [-0.15, -0.1) is 0 Å². The summed E-state index contributed by atoms with van der Waals surface area (Å²) in [6, 6.07) is 9.71. The number of hydrogen-bond donors (Lipinski definition) is 0. The minimum atomic E-state index is -3.76. The average molecular weight is 421 g/mol. The maximum Gasteiger partial charge on any atom is 0.261 e. The standard InChI is InChI=1S/C17H16Cl3NO3S/c1-21(2)16-9-13-14(7-10(18)8-15(13)19)17(16)24-11-3-5-12(6-4-11)25(20,22)23/h3-8,16-17H,9H2,1-2H3/t16-,17-/m0/s1. The fraction of sp³-hybridized carbons (Fsp3) is 0.294. The van der Waals surface area contributed by atoms with Gasteiger partial charge in [-0.05, 0) is 62.5 Å². The molecule has 0 bridgehead atoms. The summed E-state index contributed by atoms with van der Waals surface area (Å²) in [6.45, 7) is 0. The Labute approximate surface area is 161 Å². The third kappa shape index (κ3) is 3.91. The highest BCUT2D eigenvalue weighted by Crippen LogP contribution is 2.42. The van der Waals surface area contributed by atoms with Gasteiger partial charge in [-0.3, -0.25) is 0 Å². The Morgan fingerprint density at radius 2 is 1.76 bits per heavy atom. The molecular formula is C17H16Cl3NO3S. The van der Waals surface area contributed by atoms with E-state index in [2.05, 4.69) is 4.90 Å². The highest BCUT2D eigenvalue weighted by molar-refractivity contribution is 8.13. The Balaban J connectivity index is 1.95. The summed E-state index contributed by atoms with van der Waals surface area (Å²) in [4.78, 5) is 2.11. The number of hydrogen-bond acceptors (Lipinski definition) is 4. The molecular weight excluding hydrogens is 405 g/mol. The Morgan fingerprint density at radius 1 is 1.12 bits per heavy atom. The van der Waals surface area contributed by atoms with E-state index in [9.17, 15) is 8.42 Å². The average Bonchev–Trinajstić information content (AvgIpc) is 2.86. The first-order chi connectivity index (χ1) is 11.7. The van der Waals surface area contributed by atoms with Crippen LogP contribution in [0.2, 0.25) is 10.0 Å². The van der Waals surface area contributed by atoms with Crippen molar-refractivity contribution in [2.24, 2.45) is 0 Å². The lowest BCUT2D eigenvalue weighted by Crippen LogP contribution is -2.34. The molecule has 0 radical (unpaired) electrons. The summed E-state index contributed by atoms with van der Waals surface area (Å²) >= 11 is 12.5. The van der Waals surface area contributed by atoms with Gasteiger partial charge in [-0.1, -0.05) is 23.2 Å².